The summed E-state index contributed by atoms with van der Waals surface area (Å²) in [6, 6.07) is 19.8. The van der Waals surface area contributed by atoms with E-state index in [-0.39, 0.29) is 11.7 Å². The first-order valence-corrected chi connectivity index (χ1v) is 12.7. The molecule has 182 valence electrons. The van der Waals surface area contributed by atoms with E-state index in [1.165, 1.54) is 11.3 Å². The molecule has 0 saturated carbocycles. The van der Waals surface area contributed by atoms with Crippen molar-refractivity contribution >= 4 is 35.0 Å². The molecule has 0 N–H and O–H groups in total. The van der Waals surface area contributed by atoms with Gasteiger partial charge in [-0.05, 0) is 50.6 Å². The van der Waals surface area contributed by atoms with Crippen LogP contribution in [-0.2, 0) is 9.53 Å². The predicted molar refractivity (Wildman–Crippen MR) is 141 cm³/mol. The van der Waals surface area contributed by atoms with Crippen molar-refractivity contribution < 1.29 is 13.9 Å². The number of fused-ring (bicyclic) bond motifs is 1. The zero-order valence-electron chi connectivity index (χ0n) is 19.9. The SMILES string of the molecule is CC1=C(C(=O)OC(C)C)C(c2ccccc2)n2c(sc(=Cc3ccc(-c4cccc(Cl)c4)o3)c2=O)=N1. The van der Waals surface area contributed by atoms with Crippen LogP contribution in [0.15, 0.2) is 92.2 Å². The highest BCUT2D eigenvalue weighted by molar-refractivity contribution is 7.07. The summed E-state index contributed by atoms with van der Waals surface area (Å²) in [6.07, 6.45) is 1.40. The Bertz CT molecular complexity index is 1660. The van der Waals surface area contributed by atoms with Gasteiger partial charge in [-0.2, -0.15) is 0 Å². The third-order valence-electron chi connectivity index (χ3n) is 5.71. The summed E-state index contributed by atoms with van der Waals surface area (Å²) in [6.45, 7) is 5.36. The van der Waals surface area contributed by atoms with Gasteiger partial charge in [0.25, 0.3) is 5.56 Å². The van der Waals surface area contributed by atoms with Gasteiger partial charge in [0, 0.05) is 16.7 Å². The van der Waals surface area contributed by atoms with Crippen LogP contribution in [0.5, 0.6) is 0 Å². The van der Waals surface area contributed by atoms with Gasteiger partial charge in [0.1, 0.15) is 11.5 Å². The van der Waals surface area contributed by atoms with Crippen molar-refractivity contribution in [1.82, 2.24) is 4.57 Å². The van der Waals surface area contributed by atoms with Crippen LogP contribution in [0.25, 0.3) is 17.4 Å². The van der Waals surface area contributed by atoms with Gasteiger partial charge in [-0.15, -0.1) is 0 Å². The molecule has 4 aromatic rings. The normalized spacial score (nSPS) is 15.7. The third-order valence-corrected chi connectivity index (χ3v) is 6.93. The first-order chi connectivity index (χ1) is 17.3. The van der Waals surface area contributed by atoms with Crippen LogP contribution >= 0.6 is 22.9 Å². The fourth-order valence-corrected chi connectivity index (χ4v) is 5.38. The smallest absolute Gasteiger partial charge is 0.338 e. The van der Waals surface area contributed by atoms with Crippen molar-refractivity contribution in [2.45, 2.75) is 32.9 Å². The van der Waals surface area contributed by atoms with Crippen LogP contribution in [0.1, 0.15) is 38.1 Å². The second-order valence-corrected chi connectivity index (χ2v) is 10.1. The van der Waals surface area contributed by atoms with Gasteiger partial charge in [-0.3, -0.25) is 9.36 Å². The summed E-state index contributed by atoms with van der Waals surface area (Å²) in [5, 5.41) is 0.613. The van der Waals surface area contributed by atoms with Crippen LogP contribution in [0.2, 0.25) is 5.02 Å². The van der Waals surface area contributed by atoms with Gasteiger partial charge in [-0.1, -0.05) is 65.4 Å². The minimum absolute atomic E-state index is 0.254. The largest absolute Gasteiger partial charge is 0.459 e. The van der Waals surface area contributed by atoms with E-state index in [0.29, 0.717) is 37.1 Å². The van der Waals surface area contributed by atoms with Crippen LogP contribution in [0.3, 0.4) is 0 Å². The van der Waals surface area contributed by atoms with Gasteiger partial charge >= 0.3 is 5.97 Å². The Balaban J connectivity index is 1.63. The van der Waals surface area contributed by atoms with E-state index in [1.807, 2.05) is 54.6 Å². The Kier molecular flexibility index (Phi) is 6.51. The zero-order valence-corrected chi connectivity index (χ0v) is 21.5. The van der Waals surface area contributed by atoms with Crippen molar-refractivity contribution in [1.29, 1.82) is 0 Å². The summed E-state index contributed by atoms with van der Waals surface area (Å²) in [7, 11) is 0. The molecular weight excluding hydrogens is 496 g/mol. The fourth-order valence-electron chi connectivity index (χ4n) is 4.17. The number of allylic oxidation sites excluding steroid dienone is 1. The van der Waals surface area contributed by atoms with Crippen molar-refractivity contribution in [3.63, 3.8) is 0 Å². The topological polar surface area (TPSA) is 73.8 Å². The number of carbonyl (C=O) groups is 1. The molecular formula is C28H23ClN2O4S. The molecule has 0 saturated heterocycles. The molecule has 0 amide bonds. The fraction of sp³-hybridized carbons (Fsp3) is 0.179. The third kappa shape index (κ3) is 4.59. The molecule has 1 aliphatic heterocycles. The van der Waals surface area contributed by atoms with Crippen molar-refractivity contribution in [3.8, 4) is 11.3 Å². The van der Waals surface area contributed by atoms with Crippen LogP contribution < -0.4 is 14.9 Å². The van der Waals surface area contributed by atoms with Gasteiger partial charge in [-0.25, -0.2) is 9.79 Å². The quantitative estimate of drug-likeness (QED) is 0.344. The maximum atomic E-state index is 13.7. The number of aromatic nitrogens is 1. The molecule has 0 bridgehead atoms. The lowest BCUT2D eigenvalue weighted by Crippen LogP contribution is -2.40. The number of hydrogen-bond acceptors (Lipinski definition) is 6. The second-order valence-electron chi connectivity index (χ2n) is 8.66. The summed E-state index contributed by atoms with van der Waals surface area (Å²) in [5.41, 5.74) is 2.28. The van der Waals surface area contributed by atoms with Crippen LogP contribution in [0.4, 0.5) is 0 Å². The molecule has 0 radical (unpaired) electrons. The van der Waals surface area contributed by atoms with Crippen molar-refractivity contribution in [2.24, 2.45) is 4.99 Å². The molecule has 6 nitrogen and oxygen atoms in total. The van der Waals surface area contributed by atoms with Gasteiger partial charge in [0.2, 0.25) is 0 Å². The monoisotopic (exact) mass is 518 g/mol. The van der Waals surface area contributed by atoms with Crippen LogP contribution in [-0.4, -0.2) is 16.6 Å². The lowest BCUT2D eigenvalue weighted by molar-refractivity contribution is -0.143. The first-order valence-electron chi connectivity index (χ1n) is 11.5. The molecule has 5 rings (SSSR count). The average molecular weight is 519 g/mol. The highest BCUT2D eigenvalue weighted by Crippen LogP contribution is 2.31. The van der Waals surface area contributed by atoms with Crippen molar-refractivity contribution in [2.75, 3.05) is 0 Å². The van der Waals surface area contributed by atoms with E-state index in [0.717, 1.165) is 11.1 Å². The maximum Gasteiger partial charge on any atom is 0.338 e. The Morgan fingerprint density at radius 2 is 1.92 bits per heavy atom. The predicted octanol–water partition coefficient (Wildman–Crippen LogP) is 5.10. The molecule has 0 fully saturated rings. The molecule has 1 atom stereocenters. The lowest BCUT2D eigenvalue weighted by Gasteiger charge is -2.25. The Hall–Kier alpha value is -3.68. The molecule has 36 heavy (non-hydrogen) atoms. The highest BCUT2D eigenvalue weighted by atomic mass is 35.5. The average Bonchev–Trinajstić information content (AvgIpc) is 3.43. The van der Waals surface area contributed by atoms with Gasteiger partial charge < -0.3 is 9.15 Å². The van der Waals surface area contributed by atoms with Gasteiger partial charge in [0.05, 0.1) is 27.9 Å². The first kappa shape index (κ1) is 24.0. The number of nitrogens with zero attached hydrogens (tertiary/aromatic N) is 2. The molecule has 2 aromatic carbocycles. The molecule has 3 heterocycles. The maximum absolute atomic E-state index is 13.7. The van der Waals surface area contributed by atoms with Crippen molar-refractivity contribution in [3.05, 3.63) is 114 Å². The molecule has 1 aliphatic rings. The summed E-state index contributed by atoms with van der Waals surface area (Å²) < 4.78 is 13.5. The molecule has 0 spiro atoms. The van der Waals surface area contributed by atoms with Crippen LogP contribution in [0, 0.1) is 0 Å². The second kappa shape index (κ2) is 9.76. The molecule has 8 heteroatoms. The number of rotatable bonds is 5. The molecule has 2 aromatic heterocycles. The highest BCUT2D eigenvalue weighted by Gasteiger charge is 2.33. The summed E-state index contributed by atoms with van der Waals surface area (Å²) >= 11 is 7.36. The number of benzene rings is 2. The summed E-state index contributed by atoms with van der Waals surface area (Å²) in [4.78, 5) is 31.9. The number of thiazole rings is 1. The molecule has 1 unspecified atom stereocenters. The van der Waals surface area contributed by atoms with E-state index in [9.17, 15) is 9.59 Å². The minimum Gasteiger partial charge on any atom is -0.459 e. The summed E-state index contributed by atoms with van der Waals surface area (Å²) in [5.74, 6) is 0.696. The molecule has 0 aliphatic carbocycles. The Labute approximate surface area is 216 Å². The minimum atomic E-state index is -0.644. The number of carbonyl (C=O) groups excluding carboxylic acids is 1. The number of halogens is 1. The van der Waals surface area contributed by atoms with Gasteiger partial charge in [0.15, 0.2) is 4.80 Å². The number of furan rings is 1. The van der Waals surface area contributed by atoms with E-state index < -0.39 is 12.0 Å². The standard InChI is InChI=1S/C28H23ClN2O4S/c1-16(2)34-27(33)24-17(3)30-28-31(25(24)18-8-5-4-6-9-18)26(32)23(36-28)15-21-12-13-22(35-21)19-10-7-11-20(29)14-19/h4-16,25H,1-3H3. The van der Waals surface area contributed by atoms with E-state index in [4.69, 9.17) is 20.8 Å². The Morgan fingerprint density at radius 1 is 1.14 bits per heavy atom. The lowest BCUT2D eigenvalue weighted by atomic mass is 9.96. The number of esters is 1. The number of ether oxygens (including phenoxy) is 1. The zero-order chi connectivity index (χ0) is 25.4. The van der Waals surface area contributed by atoms with E-state index in [2.05, 4.69) is 4.99 Å². The van der Waals surface area contributed by atoms with E-state index >= 15 is 0 Å². The van der Waals surface area contributed by atoms with E-state index in [1.54, 1.807) is 43.5 Å². The number of hydrogen-bond donors (Lipinski definition) is 0. The Morgan fingerprint density at radius 3 is 2.64 bits per heavy atom.